The van der Waals surface area contributed by atoms with Gasteiger partial charge >= 0.3 is 0 Å². The Balaban J connectivity index is 1.91. The molecule has 30 heavy (non-hydrogen) atoms. The SMILES string of the molecule is COc1cc(/C=C(/C#N)c2ccccc2F)cc(Cl)c1OCc1ccc(Cl)c(Cl)c1. The van der Waals surface area contributed by atoms with Gasteiger partial charge in [-0.1, -0.05) is 59.1 Å². The van der Waals surface area contributed by atoms with E-state index in [1.165, 1.54) is 25.3 Å². The Morgan fingerprint density at radius 3 is 2.47 bits per heavy atom. The van der Waals surface area contributed by atoms with E-state index in [1.54, 1.807) is 42.5 Å². The number of halogens is 4. The van der Waals surface area contributed by atoms with Crippen LogP contribution in [0.1, 0.15) is 16.7 Å². The van der Waals surface area contributed by atoms with Crippen LogP contribution in [0.2, 0.25) is 15.1 Å². The molecular formula is C23H15Cl3FNO2. The lowest BCUT2D eigenvalue weighted by atomic mass is 10.0. The molecule has 3 rings (SSSR count). The van der Waals surface area contributed by atoms with Gasteiger partial charge in [0.25, 0.3) is 0 Å². The van der Waals surface area contributed by atoms with Crippen molar-refractivity contribution in [3.63, 3.8) is 0 Å². The molecule has 0 unspecified atom stereocenters. The predicted molar refractivity (Wildman–Crippen MR) is 119 cm³/mol. The number of methoxy groups -OCH3 is 1. The highest BCUT2D eigenvalue weighted by molar-refractivity contribution is 6.42. The van der Waals surface area contributed by atoms with Crippen molar-refractivity contribution in [1.29, 1.82) is 5.26 Å². The molecule has 0 radical (unpaired) electrons. The van der Waals surface area contributed by atoms with Crippen molar-refractivity contribution in [2.75, 3.05) is 7.11 Å². The van der Waals surface area contributed by atoms with Crippen LogP contribution in [-0.4, -0.2) is 7.11 Å². The first kappa shape index (κ1) is 22.0. The summed E-state index contributed by atoms with van der Waals surface area (Å²) in [5, 5.41) is 10.6. The molecule has 0 saturated heterocycles. The first-order chi connectivity index (χ1) is 14.4. The maximum atomic E-state index is 14.1. The quantitative estimate of drug-likeness (QED) is 0.282. The van der Waals surface area contributed by atoms with Gasteiger partial charge in [0.15, 0.2) is 11.5 Å². The summed E-state index contributed by atoms with van der Waals surface area (Å²) in [7, 11) is 1.48. The standard InChI is InChI=1S/C23H15Cl3FNO2/c1-29-22-11-15(8-16(12-28)17-4-2-3-5-21(17)27)10-20(26)23(22)30-13-14-6-7-18(24)19(25)9-14/h2-11H,13H2,1H3/b16-8-. The lowest BCUT2D eigenvalue weighted by Gasteiger charge is -2.14. The van der Waals surface area contributed by atoms with Gasteiger partial charge in [-0.25, -0.2) is 4.39 Å². The van der Waals surface area contributed by atoms with Gasteiger partial charge in [-0.15, -0.1) is 0 Å². The number of allylic oxidation sites excluding steroid dienone is 1. The zero-order valence-corrected chi connectivity index (χ0v) is 18.0. The second-order valence-corrected chi connectivity index (χ2v) is 7.44. The molecule has 0 N–H and O–H groups in total. The highest BCUT2D eigenvalue weighted by Gasteiger charge is 2.14. The summed E-state index contributed by atoms with van der Waals surface area (Å²) in [6.07, 6.45) is 1.54. The molecule has 3 nitrogen and oxygen atoms in total. The number of nitriles is 1. The Morgan fingerprint density at radius 2 is 1.80 bits per heavy atom. The summed E-state index contributed by atoms with van der Waals surface area (Å²) < 4.78 is 25.3. The van der Waals surface area contributed by atoms with Gasteiger partial charge in [0.05, 0.1) is 33.8 Å². The molecular weight excluding hydrogens is 448 g/mol. The summed E-state index contributed by atoms with van der Waals surface area (Å²) in [6, 6.07) is 16.5. The zero-order chi connectivity index (χ0) is 21.7. The first-order valence-electron chi connectivity index (χ1n) is 8.74. The van der Waals surface area contributed by atoms with E-state index in [2.05, 4.69) is 0 Å². The molecule has 0 fully saturated rings. The van der Waals surface area contributed by atoms with Crippen LogP contribution < -0.4 is 9.47 Å². The van der Waals surface area contributed by atoms with Gasteiger partial charge in [-0.3, -0.25) is 0 Å². The average Bonchev–Trinajstić information content (AvgIpc) is 2.74. The van der Waals surface area contributed by atoms with E-state index in [-0.39, 0.29) is 22.8 Å². The van der Waals surface area contributed by atoms with Crippen molar-refractivity contribution in [2.45, 2.75) is 6.61 Å². The van der Waals surface area contributed by atoms with Gasteiger partial charge in [0, 0.05) is 5.56 Å². The summed E-state index contributed by atoms with van der Waals surface area (Å²) >= 11 is 18.4. The van der Waals surface area contributed by atoms with Crippen molar-refractivity contribution < 1.29 is 13.9 Å². The van der Waals surface area contributed by atoms with E-state index in [0.29, 0.717) is 27.1 Å². The van der Waals surface area contributed by atoms with Gasteiger partial charge in [0.2, 0.25) is 0 Å². The van der Waals surface area contributed by atoms with Crippen molar-refractivity contribution in [2.24, 2.45) is 0 Å². The molecule has 3 aromatic carbocycles. The average molecular weight is 463 g/mol. The largest absolute Gasteiger partial charge is 0.493 e. The molecule has 3 aromatic rings. The highest BCUT2D eigenvalue weighted by atomic mass is 35.5. The fourth-order valence-electron chi connectivity index (χ4n) is 2.76. The smallest absolute Gasteiger partial charge is 0.180 e. The summed E-state index contributed by atoms with van der Waals surface area (Å²) in [6.45, 7) is 0.195. The van der Waals surface area contributed by atoms with Gasteiger partial charge < -0.3 is 9.47 Å². The van der Waals surface area contributed by atoms with Gasteiger partial charge in [-0.05, 0) is 47.5 Å². The Hall–Kier alpha value is -2.71. The molecule has 0 bridgehead atoms. The fourth-order valence-corrected chi connectivity index (χ4v) is 3.36. The molecule has 0 aliphatic heterocycles. The Morgan fingerprint density at radius 1 is 1.03 bits per heavy atom. The lowest BCUT2D eigenvalue weighted by molar-refractivity contribution is 0.284. The van der Waals surface area contributed by atoms with Crippen molar-refractivity contribution in [1.82, 2.24) is 0 Å². The Bertz CT molecular complexity index is 1160. The van der Waals surface area contributed by atoms with Crippen LogP contribution in [0.25, 0.3) is 11.6 Å². The third-order valence-electron chi connectivity index (χ3n) is 4.21. The van der Waals surface area contributed by atoms with Crippen LogP contribution in [0.5, 0.6) is 11.5 Å². The maximum absolute atomic E-state index is 14.1. The maximum Gasteiger partial charge on any atom is 0.180 e. The van der Waals surface area contributed by atoms with E-state index in [0.717, 1.165) is 5.56 Å². The topological polar surface area (TPSA) is 42.2 Å². The number of ether oxygens (including phenoxy) is 2. The Kier molecular flexibility index (Phi) is 7.23. The van der Waals surface area contributed by atoms with Crippen molar-refractivity contribution in [3.8, 4) is 17.6 Å². The minimum Gasteiger partial charge on any atom is -0.493 e. The molecule has 0 aromatic heterocycles. The molecule has 7 heteroatoms. The first-order valence-corrected chi connectivity index (χ1v) is 9.87. The molecule has 0 amide bonds. The van der Waals surface area contributed by atoms with Gasteiger partial charge in [0.1, 0.15) is 12.4 Å². The van der Waals surface area contributed by atoms with Crippen LogP contribution in [0.15, 0.2) is 54.6 Å². The summed E-state index contributed by atoms with van der Waals surface area (Å²) in [5.41, 5.74) is 1.74. The van der Waals surface area contributed by atoms with E-state index < -0.39 is 5.82 Å². The second kappa shape index (κ2) is 9.86. The van der Waals surface area contributed by atoms with Crippen LogP contribution in [0.4, 0.5) is 4.39 Å². The number of hydrogen-bond acceptors (Lipinski definition) is 3. The monoisotopic (exact) mass is 461 g/mol. The van der Waals surface area contributed by atoms with E-state index in [9.17, 15) is 9.65 Å². The fraction of sp³-hybridized carbons (Fsp3) is 0.0870. The van der Waals surface area contributed by atoms with Crippen molar-refractivity contribution in [3.05, 3.63) is 92.2 Å². The number of hydrogen-bond donors (Lipinski definition) is 0. The Labute approximate surface area is 188 Å². The third kappa shape index (κ3) is 5.06. The number of benzene rings is 3. The number of rotatable bonds is 6. The van der Waals surface area contributed by atoms with E-state index >= 15 is 0 Å². The van der Waals surface area contributed by atoms with Crippen LogP contribution in [0, 0.1) is 17.1 Å². The predicted octanol–water partition coefficient (Wildman–Crippen LogP) is 7.44. The molecule has 0 heterocycles. The molecule has 0 aliphatic rings. The van der Waals surface area contributed by atoms with Crippen LogP contribution in [-0.2, 0) is 6.61 Å². The van der Waals surface area contributed by atoms with Gasteiger partial charge in [-0.2, -0.15) is 5.26 Å². The minimum absolute atomic E-state index is 0.163. The molecule has 152 valence electrons. The van der Waals surface area contributed by atoms with E-state index in [1.807, 2.05) is 6.07 Å². The summed E-state index contributed by atoms with van der Waals surface area (Å²) in [5.74, 6) is 0.233. The zero-order valence-electron chi connectivity index (χ0n) is 15.8. The molecule has 0 aliphatic carbocycles. The molecule has 0 saturated carbocycles. The summed E-state index contributed by atoms with van der Waals surface area (Å²) in [4.78, 5) is 0. The lowest BCUT2D eigenvalue weighted by Crippen LogP contribution is -1.99. The highest BCUT2D eigenvalue weighted by Crippen LogP contribution is 2.38. The van der Waals surface area contributed by atoms with Crippen LogP contribution in [0.3, 0.4) is 0 Å². The second-order valence-electron chi connectivity index (χ2n) is 6.22. The normalized spacial score (nSPS) is 11.1. The van der Waals surface area contributed by atoms with E-state index in [4.69, 9.17) is 44.3 Å². The third-order valence-corrected chi connectivity index (χ3v) is 5.23. The number of nitrogens with zero attached hydrogens (tertiary/aromatic N) is 1. The van der Waals surface area contributed by atoms with Crippen LogP contribution >= 0.6 is 34.8 Å². The molecule has 0 spiro atoms. The van der Waals surface area contributed by atoms with Crippen molar-refractivity contribution >= 4 is 46.5 Å². The molecule has 0 atom stereocenters. The minimum atomic E-state index is -0.482.